The lowest BCUT2D eigenvalue weighted by Crippen LogP contribution is -2.43. The molecule has 0 radical (unpaired) electrons. The second kappa shape index (κ2) is 10.4. The molecule has 0 spiro atoms. The highest BCUT2D eigenvalue weighted by Gasteiger charge is 2.22. The predicted octanol–water partition coefficient (Wildman–Crippen LogP) is 4.03. The van der Waals surface area contributed by atoms with E-state index in [1.165, 1.54) is 37.0 Å². The third-order valence-corrected chi connectivity index (χ3v) is 5.44. The molecule has 1 aliphatic heterocycles. The summed E-state index contributed by atoms with van der Waals surface area (Å²) in [5.41, 5.74) is 2.25. The van der Waals surface area contributed by atoms with Crippen LogP contribution in [0.1, 0.15) is 36.4 Å². The van der Waals surface area contributed by atoms with E-state index in [-0.39, 0.29) is 11.9 Å². The molecule has 1 aliphatic rings. The summed E-state index contributed by atoms with van der Waals surface area (Å²) in [6.45, 7) is 3.52. The fraction of sp³-hybridized carbons (Fsp3) is 0.409. The Kier molecular flexibility index (Phi) is 7.62. The zero-order chi connectivity index (χ0) is 19.8. The van der Waals surface area contributed by atoms with Gasteiger partial charge in [-0.2, -0.15) is 0 Å². The molecule has 0 saturated carbocycles. The number of piperidine rings is 1. The lowest BCUT2D eigenvalue weighted by atomic mass is 10.0. The fourth-order valence-electron chi connectivity index (χ4n) is 3.55. The van der Waals surface area contributed by atoms with Gasteiger partial charge in [0.15, 0.2) is 5.11 Å². The topological polar surface area (TPSA) is 36.5 Å². The number of nitrogens with zero attached hydrogens (tertiary/aromatic N) is 1. The predicted molar refractivity (Wildman–Crippen MR) is 115 cm³/mol. The van der Waals surface area contributed by atoms with E-state index in [2.05, 4.69) is 27.7 Å². The largest absolute Gasteiger partial charge is 0.497 e. The van der Waals surface area contributed by atoms with E-state index >= 15 is 0 Å². The third-order valence-electron chi connectivity index (χ3n) is 5.15. The second-order valence-corrected chi connectivity index (χ2v) is 7.48. The number of halogens is 1. The van der Waals surface area contributed by atoms with Gasteiger partial charge >= 0.3 is 0 Å². The van der Waals surface area contributed by atoms with Crippen LogP contribution < -0.4 is 15.4 Å². The first-order chi connectivity index (χ1) is 13.7. The molecule has 4 nitrogen and oxygen atoms in total. The van der Waals surface area contributed by atoms with Crippen LogP contribution in [0.4, 0.5) is 4.39 Å². The lowest BCUT2D eigenvalue weighted by Gasteiger charge is -2.35. The second-order valence-electron chi connectivity index (χ2n) is 7.08. The summed E-state index contributed by atoms with van der Waals surface area (Å²) in [5, 5.41) is 7.18. The van der Waals surface area contributed by atoms with Gasteiger partial charge in [-0.05, 0) is 73.5 Å². The Balaban J connectivity index is 1.58. The lowest BCUT2D eigenvalue weighted by molar-refractivity contribution is 0.164. The highest BCUT2D eigenvalue weighted by molar-refractivity contribution is 7.80. The molecule has 0 unspecified atom stereocenters. The Morgan fingerprint density at radius 2 is 1.71 bits per heavy atom. The van der Waals surface area contributed by atoms with Gasteiger partial charge in [-0.3, -0.25) is 4.90 Å². The molecular formula is C22H28FN3OS. The molecule has 0 aromatic heterocycles. The highest BCUT2D eigenvalue weighted by Crippen LogP contribution is 2.25. The third kappa shape index (κ3) is 5.91. The van der Waals surface area contributed by atoms with Gasteiger partial charge in [0.2, 0.25) is 0 Å². The van der Waals surface area contributed by atoms with E-state index in [4.69, 9.17) is 17.0 Å². The number of hydrogen-bond acceptors (Lipinski definition) is 3. The first-order valence-corrected chi connectivity index (χ1v) is 10.2. The SMILES string of the molecule is COc1ccc([C@@H](CNC(=S)NCc2ccc(F)cc2)N2CCCCC2)cc1. The van der Waals surface area contributed by atoms with Gasteiger partial charge in [-0.15, -0.1) is 0 Å². The maximum absolute atomic E-state index is 13.0. The summed E-state index contributed by atoms with van der Waals surface area (Å²) in [6.07, 6.45) is 3.77. The highest BCUT2D eigenvalue weighted by atomic mass is 32.1. The van der Waals surface area contributed by atoms with E-state index in [1.54, 1.807) is 19.2 Å². The first kappa shape index (κ1) is 20.6. The van der Waals surface area contributed by atoms with Crippen molar-refractivity contribution in [2.75, 3.05) is 26.7 Å². The smallest absolute Gasteiger partial charge is 0.166 e. The van der Waals surface area contributed by atoms with Crippen LogP contribution in [0.15, 0.2) is 48.5 Å². The summed E-state index contributed by atoms with van der Waals surface area (Å²) in [4.78, 5) is 2.53. The fourth-order valence-corrected chi connectivity index (χ4v) is 3.71. The van der Waals surface area contributed by atoms with Crippen LogP contribution in [-0.2, 0) is 6.54 Å². The number of nitrogens with one attached hydrogen (secondary N) is 2. The van der Waals surface area contributed by atoms with Crippen molar-refractivity contribution in [2.45, 2.75) is 31.8 Å². The summed E-state index contributed by atoms with van der Waals surface area (Å²) in [7, 11) is 1.68. The minimum absolute atomic E-state index is 0.228. The van der Waals surface area contributed by atoms with Crippen LogP contribution in [0.3, 0.4) is 0 Å². The van der Waals surface area contributed by atoms with Crippen molar-refractivity contribution in [1.82, 2.24) is 15.5 Å². The standard InChI is InChI=1S/C22H28FN3OS/c1-27-20-11-7-18(8-12-20)21(26-13-3-2-4-14-26)16-25-22(28)24-15-17-5-9-19(23)10-6-17/h5-12,21H,2-4,13-16H2,1H3,(H2,24,25,28)/t21-/m1/s1. The van der Waals surface area contributed by atoms with Gasteiger partial charge in [0.05, 0.1) is 13.2 Å². The zero-order valence-electron chi connectivity index (χ0n) is 16.3. The number of likely N-dealkylation sites (tertiary alicyclic amines) is 1. The van der Waals surface area contributed by atoms with Gasteiger partial charge in [0, 0.05) is 13.1 Å². The molecule has 0 bridgehead atoms. The number of thiocarbonyl (C=S) groups is 1. The van der Waals surface area contributed by atoms with Crippen molar-refractivity contribution in [3.63, 3.8) is 0 Å². The van der Waals surface area contributed by atoms with Crippen LogP contribution in [-0.4, -0.2) is 36.8 Å². The molecule has 1 atom stereocenters. The number of hydrogen-bond donors (Lipinski definition) is 2. The maximum Gasteiger partial charge on any atom is 0.166 e. The molecule has 2 aromatic rings. The molecule has 0 amide bonds. The van der Waals surface area contributed by atoms with Gasteiger partial charge in [-0.1, -0.05) is 30.7 Å². The Morgan fingerprint density at radius 3 is 2.36 bits per heavy atom. The summed E-state index contributed by atoms with van der Waals surface area (Å²) >= 11 is 5.45. The number of ether oxygens (including phenoxy) is 1. The molecule has 2 aromatic carbocycles. The minimum atomic E-state index is -0.228. The molecule has 0 aliphatic carbocycles. The van der Waals surface area contributed by atoms with Crippen molar-refractivity contribution in [3.8, 4) is 5.75 Å². The Morgan fingerprint density at radius 1 is 1.04 bits per heavy atom. The first-order valence-electron chi connectivity index (χ1n) is 9.80. The van der Waals surface area contributed by atoms with Gasteiger partial charge in [0.25, 0.3) is 0 Å². The van der Waals surface area contributed by atoms with Gasteiger partial charge in [-0.25, -0.2) is 4.39 Å². The Bertz CT molecular complexity index is 745. The van der Waals surface area contributed by atoms with Crippen LogP contribution in [0.5, 0.6) is 5.75 Å². The molecule has 1 saturated heterocycles. The average molecular weight is 402 g/mol. The zero-order valence-corrected chi connectivity index (χ0v) is 17.1. The molecule has 2 N–H and O–H groups in total. The van der Waals surface area contributed by atoms with Crippen molar-refractivity contribution in [2.24, 2.45) is 0 Å². The van der Waals surface area contributed by atoms with Gasteiger partial charge < -0.3 is 15.4 Å². The molecule has 1 heterocycles. The molecule has 150 valence electrons. The van der Waals surface area contributed by atoms with Crippen LogP contribution in [0, 0.1) is 5.82 Å². The van der Waals surface area contributed by atoms with E-state index in [0.717, 1.165) is 30.9 Å². The monoisotopic (exact) mass is 401 g/mol. The molecule has 3 rings (SSSR count). The maximum atomic E-state index is 13.0. The van der Waals surface area contributed by atoms with Crippen molar-refractivity contribution in [1.29, 1.82) is 0 Å². The van der Waals surface area contributed by atoms with E-state index in [0.29, 0.717) is 11.7 Å². The van der Waals surface area contributed by atoms with E-state index < -0.39 is 0 Å². The minimum Gasteiger partial charge on any atom is -0.497 e. The Hall–Kier alpha value is -2.18. The quantitative estimate of drug-likeness (QED) is 0.685. The van der Waals surface area contributed by atoms with E-state index in [9.17, 15) is 4.39 Å². The molecule has 1 fully saturated rings. The van der Waals surface area contributed by atoms with Crippen molar-refractivity contribution >= 4 is 17.3 Å². The number of benzene rings is 2. The van der Waals surface area contributed by atoms with Crippen LogP contribution in [0.25, 0.3) is 0 Å². The van der Waals surface area contributed by atoms with Crippen molar-refractivity contribution in [3.05, 3.63) is 65.5 Å². The van der Waals surface area contributed by atoms with Crippen LogP contribution in [0.2, 0.25) is 0 Å². The summed E-state index contributed by atoms with van der Waals surface area (Å²) < 4.78 is 18.3. The summed E-state index contributed by atoms with van der Waals surface area (Å²) in [5.74, 6) is 0.638. The van der Waals surface area contributed by atoms with Crippen molar-refractivity contribution < 1.29 is 9.13 Å². The van der Waals surface area contributed by atoms with E-state index in [1.807, 2.05) is 12.1 Å². The number of rotatable bonds is 7. The Labute approximate surface area is 172 Å². The average Bonchev–Trinajstić information content (AvgIpc) is 2.74. The van der Waals surface area contributed by atoms with Gasteiger partial charge in [0.1, 0.15) is 11.6 Å². The number of methoxy groups -OCH3 is 1. The molecule has 6 heteroatoms. The molecular weight excluding hydrogens is 373 g/mol. The normalized spacial score (nSPS) is 15.6. The van der Waals surface area contributed by atoms with Crippen LogP contribution >= 0.6 is 12.2 Å². The molecule has 28 heavy (non-hydrogen) atoms. The summed E-state index contributed by atoms with van der Waals surface area (Å²) in [6, 6.07) is 15.0.